The van der Waals surface area contributed by atoms with Crippen LogP contribution >= 0.6 is 22.7 Å². The summed E-state index contributed by atoms with van der Waals surface area (Å²) >= 11 is 2.95. The topological polar surface area (TPSA) is 181 Å². The standard InChI is InChI=1S/C37H48N8O5S2/c1-25(2)34-42-30(23-51-34)21-45(3)36(48)44-32(16-17-40-35(38)47)33(46)41-28(18-26-10-6-4-7-11-26)14-15-29(19-27-12-8-5-9-13-27)43-37(49)50-22-31-20-39-24-52-31/h4-13,20,23-25,28-29,32H,14-19,21-22H2,1-3H3,(H,41,46)(H,43,49)(H,44,48)(H3,38,40,47). The van der Waals surface area contributed by atoms with Crippen molar-refractivity contribution < 1.29 is 23.9 Å². The van der Waals surface area contributed by atoms with Crippen molar-refractivity contribution in [1.29, 1.82) is 0 Å². The van der Waals surface area contributed by atoms with E-state index in [1.165, 1.54) is 16.2 Å². The largest absolute Gasteiger partial charge is 0.444 e. The Hall–Kier alpha value is -5.02. The lowest BCUT2D eigenvalue weighted by molar-refractivity contribution is -0.123. The first-order chi connectivity index (χ1) is 25.0. The van der Waals surface area contributed by atoms with Crippen LogP contribution in [0.3, 0.4) is 0 Å². The zero-order valence-corrected chi connectivity index (χ0v) is 31.4. The Labute approximate surface area is 312 Å². The first-order valence-electron chi connectivity index (χ1n) is 17.2. The van der Waals surface area contributed by atoms with Crippen LogP contribution < -0.4 is 27.0 Å². The number of nitrogens with two attached hydrogens (primary N) is 1. The first-order valence-corrected chi connectivity index (χ1v) is 19.0. The van der Waals surface area contributed by atoms with Crippen molar-refractivity contribution >= 4 is 46.7 Å². The fourth-order valence-corrected chi connectivity index (χ4v) is 6.79. The van der Waals surface area contributed by atoms with Gasteiger partial charge in [-0.2, -0.15) is 0 Å². The molecule has 6 N–H and O–H groups in total. The van der Waals surface area contributed by atoms with Crippen LogP contribution in [0.25, 0.3) is 0 Å². The SMILES string of the molecule is CC(C)c1nc(CN(C)C(=O)NC(CCNC(N)=O)C(=O)NC(CCC(Cc2ccccc2)NC(=O)OCc2cncs2)Cc2ccccc2)cs1. The predicted octanol–water partition coefficient (Wildman–Crippen LogP) is 5.34. The number of thiazole rings is 2. The average molecular weight is 749 g/mol. The smallest absolute Gasteiger partial charge is 0.407 e. The molecule has 2 aromatic heterocycles. The molecule has 0 bridgehead atoms. The summed E-state index contributed by atoms with van der Waals surface area (Å²) in [7, 11) is 1.64. The van der Waals surface area contributed by atoms with Gasteiger partial charge < -0.3 is 36.6 Å². The van der Waals surface area contributed by atoms with Crippen LogP contribution in [-0.4, -0.2) is 70.6 Å². The molecule has 52 heavy (non-hydrogen) atoms. The van der Waals surface area contributed by atoms with Crippen molar-refractivity contribution in [1.82, 2.24) is 36.1 Å². The van der Waals surface area contributed by atoms with Crippen LogP contribution in [0.15, 0.2) is 77.8 Å². The average Bonchev–Trinajstić information content (AvgIpc) is 3.83. The van der Waals surface area contributed by atoms with Gasteiger partial charge in [0.15, 0.2) is 0 Å². The molecule has 0 radical (unpaired) electrons. The summed E-state index contributed by atoms with van der Waals surface area (Å²) in [5, 5.41) is 14.4. The fraction of sp³-hybridized carbons (Fsp3) is 0.405. The zero-order valence-electron chi connectivity index (χ0n) is 29.7. The lowest BCUT2D eigenvalue weighted by atomic mass is 9.95. The Morgan fingerprint density at radius 1 is 0.865 bits per heavy atom. The van der Waals surface area contributed by atoms with Gasteiger partial charge in [0, 0.05) is 43.2 Å². The van der Waals surface area contributed by atoms with Crippen LogP contribution in [0.1, 0.15) is 65.7 Å². The second kappa shape index (κ2) is 20.7. The van der Waals surface area contributed by atoms with E-state index < -0.39 is 30.1 Å². The van der Waals surface area contributed by atoms with E-state index >= 15 is 0 Å². The molecule has 15 heteroatoms. The second-order valence-electron chi connectivity index (χ2n) is 12.8. The van der Waals surface area contributed by atoms with Gasteiger partial charge in [0.05, 0.1) is 27.6 Å². The number of urea groups is 2. The van der Waals surface area contributed by atoms with E-state index in [2.05, 4.69) is 45.1 Å². The highest BCUT2D eigenvalue weighted by molar-refractivity contribution is 7.09. The number of nitrogens with zero attached hydrogens (tertiary/aromatic N) is 3. The van der Waals surface area contributed by atoms with Crippen molar-refractivity contribution in [2.75, 3.05) is 13.6 Å². The minimum Gasteiger partial charge on any atom is -0.444 e. The zero-order chi connectivity index (χ0) is 37.3. The lowest BCUT2D eigenvalue weighted by Gasteiger charge is -2.27. The summed E-state index contributed by atoms with van der Waals surface area (Å²) in [6, 6.07) is 16.8. The number of hydrogen-bond acceptors (Lipinski definition) is 9. The van der Waals surface area contributed by atoms with Gasteiger partial charge in [0.25, 0.3) is 0 Å². The molecule has 4 aromatic rings. The maximum atomic E-state index is 13.9. The number of amides is 6. The molecule has 0 saturated heterocycles. The normalized spacial score (nSPS) is 12.7. The van der Waals surface area contributed by atoms with Crippen LogP contribution in [0.4, 0.5) is 14.4 Å². The molecule has 6 amide bonds. The molecule has 3 unspecified atom stereocenters. The van der Waals surface area contributed by atoms with Crippen molar-refractivity contribution in [2.24, 2.45) is 5.73 Å². The summed E-state index contributed by atoms with van der Waals surface area (Å²) < 4.78 is 5.48. The Balaban J connectivity index is 1.46. The highest BCUT2D eigenvalue weighted by atomic mass is 32.1. The van der Waals surface area contributed by atoms with Crippen LogP contribution in [0.2, 0.25) is 0 Å². The number of primary amides is 1. The van der Waals surface area contributed by atoms with E-state index in [4.69, 9.17) is 10.5 Å². The molecular formula is C37H48N8O5S2. The van der Waals surface area contributed by atoms with E-state index in [9.17, 15) is 19.2 Å². The van der Waals surface area contributed by atoms with Gasteiger partial charge in [0.2, 0.25) is 5.91 Å². The van der Waals surface area contributed by atoms with Gasteiger partial charge in [-0.05, 0) is 43.2 Å². The minimum absolute atomic E-state index is 0.0807. The maximum absolute atomic E-state index is 13.9. The number of aromatic nitrogens is 2. The Morgan fingerprint density at radius 2 is 1.50 bits per heavy atom. The van der Waals surface area contributed by atoms with Crippen LogP contribution in [0.5, 0.6) is 0 Å². The van der Waals surface area contributed by atoms with Crippen molar-refractivity contribution in [3.8, 4) is 0 Å². The maximum Gasteiger partial charge on any atom is 0.407 e. The predicted molar refractivity (Wildman–Crippen MR) is 203 cm³/mol. The van der Waals surface area contributed by atoms with E-state index in [1.54, 1.807) is 30.1 Å². The van der Waals surface area contributed by atoms with Crippen LogP contribution in [-0.2, 0) is 35.5 Å². The number of hydrogen-bond donors (Lipinski definition) is 5. The van der Waals surface area contributed by atoms with Gasteiger partial charge >= 0.3 is 18.2 Å². The molecule has 0 spiro atoms. The third-order valence-electron chi connectivity index (χ3n) is 8.17. The molecular weight excluding hydrogens is 701 g/mol. The Kier molecular flexibility index (Phi) is 15.9. The molecule has 0 aliphatic rings. The quantitative estimate of drug-likeness (QED) is 0.0859. The molecule has 278 valence electrons. The Morgan fingerprint density at radius 3 is 2.06 bits per heavy atom. The summed E-state index contributed by atoms with van der Waals surface area (Å²) in [4.78, 5) is 62.5. The second-order valence-corrected chi connectivity index (χ2v) is 14.7. The molecule has 13 nitrogen and oxygen atoms in total. The molecule has 0 saturated carbocycles. The number of benzene rings is 2. The monoisotopic (exact) mass is 748 g/mol. The number of ether oxygens (including phenoxy) is 1. The van der Waals surface area contributed by atoms with E-state index in [-0.39, 0.29) is 44.1 Å². The van der Waals surface area contributed by atoms with Gasteiger partial charge in [-0.1, -0.05) is 74.5 Å². The summed E-state index contributed by atoms with van der Waals surface area (Å²) in [5.74, 6) is -0.124. The summed E-state index contributed by atoms with van der Waals surface area (Å²) in [6.45, 7) is 4.59. The van der Waals surface area contributed by atoms with Gasteiger partial charge in [0.1, 0.15) is 12.6 Å². The first kappa shape index (κ1) is 39.8. The van der Waals surface area contributed by atoms with Crippen molar-refractivity contribution in [2.45, 2.75) is 83.1 Å². The lowest BCUT2D eigenvalue weighted by Crippen LogP contribution is -2.53. The van der Waals surface area contributed by atoms with Crippen molar-refractivity contribution in [3.05, 3.63) is 104 Å². The van der Waals surface area contributed by atoms with E-state index in [0.29, 0.717) is 25.7 Å². The third kappa shape index (κ3) is 13.9. The number of nitrogens with one attached hydrogen (secondary N) is 4. The minimum atomic E-state index is -0.971. The molecule has 2 aromatic carbocycles. The molecule has 0 aliphatic heterocycles. The highest BCUT2D eigenvalue weighted by Crippen LogP contribution is 2.20. The molecule has 2 heterocycles. The number of alkyl carbamates (subject to hydrolysis) is 1. The summed E-state index contributed by atoms with van der Waals surface area (Å²) in [6.07, 6.45) is 3.35. The molecule has 0 aliphatic carbocycles. The number of rotatable bonds is 19. The molecule has 0 fully saturated rings. The highest BCUT2D eigenvalue weighted by Gasteiger charge is 2.26. The van der Waals surface area contributed by atoms with Gasteiger partial charge in [-0.3, -0.25) is 9.78 Å². The van der Waals surface area contributed by atoms with E-state index in [0.717, 1.165) is 26.7 Å². The van der Waals surface area contributed by atoms with Crippen LogP contribution in [0, 0.1) is 0 Å². The Bertz CT molecular complexity index is 1690. The molecule has 3 atom stereocenters. The summed E-state index contributed by atoms with van der Waals surface area (Å²) in [5.41, 5.74) is 9.80. The third-order valence-corrected chi connectivity index (χ3v) is 10.1. The number of carbonyl (C=O) groups excluding carboxylic acids is 4. The van der Waals surface area contributed by atoms with Gasteiger partial charge in [-0.25, -0.2) is 19.4 Å². The number of carbonyl (C=O) groups is 4. The van der Waals surface area contributed by atoms with Gasteiger partial charge in [-0.15, -0.1) is 22.7 Å². The van der Waals surface area contributed by atoms with E-state index in [1.807, 2.05) is 66.0 Å². The fourth-order valence-electron chi connectivity index (χ4n) is 5.45. The van der Waals surface area contributed by atoms with Crippen molar-refractivity contribution in [3.63, 3.8) is 0 Å². The molecule has 4 rings (SSSR count).